The fourth-order valence-corrected chi connectivity index (χ4v) is 0. The van der Waals surface area contributed by atoms with Crippen molar-refractivity contribution in [3.05, 3.63) is 0 Å². The molecule has 6 heavy (non-hydrogen) atoms. The molecule has 2 nitrogen and oxygen atoms in total. The summed E-state index contributed by atoms with van der Waals surface area (Å²) < 4.78 is 0. The van der Waals surface area contributed by atoms with Crippen LogP contribution >= 0.6 is 0 Å². The molecule has 0 heterocycles. The van der Waals surface area contributed by atoms with E-state index in [-0.39, 0.29) is 43.4 Å². The molecule has 0 spiro atoms. The number of rotatable bonds is 0. The van der Waals surface area contributed by atoms with Crippen molar-refractivity contribution < 1.29 is 29.4 Å². The van der Waals surface area contributed by atoms with Crippen LogP contribution in [0.4, 0.5) is 0 Å². The number of aliphatic carboxylic acids is 1. The van der Waals surface area contributed by atoms with Crippen LogP contribution in [0.5, 0.6) is 0 Å². The van der Waals surface area contributed by atoms with Crippen molar-refractivity contribution in [3.8, 4) is 0 Å². The molecule has 0 aromatic carbocycles. The summed E-state index contributed by atoms with van der Waals surface area (Å²) in [6, 6.07) is 0. The average Bonchev–Trinajstić information content (AvgIpc) is 0.811. The van der Waals surface area contributed by atoms with Crippen LogP contribution in [0.15, 0.2) is 0 Å². The molecular formula is C2H6O2SnZn. The van der Waals surface area contributed by atoms with Crippen molar-refractivity contribution in [1.82, 2.24) is 0 Å². The summed E-state index contributed by atoms with van der Waals surface area (Å²) in [7, 11) is 0. The third-order valence-corrected chi connectivity index (χ3v) is 0. The molecule has 4 heteroatoms. The maximum atomic E-state index is 9.00. The molecule has 32 valence electrons. The topological polar surface area (TPSA) is 37.3 Å². The van der Waals surface area contributed by atoms with E-state index in [0.717, 1.165) is 6.92 Å². The van der Waals surface area contributed by atoms with Gasteiger partial charge in [-0.2, -0.15) is 0 Å². The van der Waals surface area contributed by atoms with Crippen molar-refractivity contribution in [1.29, 1.82) is 0 Å². The van der Waals surface area contributed by atoms with Gasteiger partial charge in [0.1, 0.15) is 0 Å². The molecular weight excluding hydrogens is 240 g/mol. The Morgan fingerprint density at radius 2 is 1.67 bits per heavy atom. The van der Waals surface area contributed by atoms with Crippen LogP contribution in [0.25, 0.3) is 0 Å². The summed E-state index contributed by atoms with van der Waals surface area (Å²) in [6.07, 6.45) is 0. The zero-order chi connectivity index (χ0) is 3.58. The molecule has 0 saturated heterocycles. The van der Waals surface area contributed by atoms with Gasteiger partial charge in [-0.3, -0.25) is 4.79 Å². The van der Waals surface area contributed by atoms with E-state index >= 15 is 0 Å². The van der Waals surface area contributed by atoms with Crippen LogP contribution in [-0.4, -0.2) is 35.0 Å². The van der Waals surface area contributed by atoms with Gasteiger partial charge >= 0.3 is 23.9 Å². The normalized spacial score (nSPS) is 4.17. The van der Waals surface area contributed by atoms with Crippen LogP contribution in [0, 0.1) is 0 Å². The van der Waals surface area contributed by atoms with Crippen LogP contribution in [0.1, 0.15) is 6.92 Å². The fraction of sp³-hybridized carbons (Fsp3) is 0.500. The van der Waals surface area contributed by atoms with Gasteiger partial charge in [0.05, 0.1) is 0 Å². The van der Waals surface area contributed by atoms with E-state index in [0.29, 0.717) is 0 Å². The van der Waals surface area contributed by atoms with Crippen molar-refractivity contribution in [2.45, 2.75) is 6.92 Å². The molecule has 0 saturated carbocycles. The molecule has 0 fully saturated rings. The minimum Gasteiger partial charge on any atom is 0 e. The fourth-order valence-electron chi connectivity index (χ4n) is 0. The first-order valence-corrected chi connectivity index (χ1v) is 0.928. The van der Waals surface area contributed by atoms with E-state index in [1.807, 2.05) is 0 Å². The first-order chi connectivity index (χ1) is 1.73. The number of hydrogen-bond donors (Lipinski definition) is 1. The van der Waals surface area contributed by atoms with Gasteiger partial charge in [0.2, 0.25) is 0 Å². The maximum absolute atomic E-state index is 9.00. The van der Waals surface area contributed by atoms with Crippen LogP contribution < -0.4 is 0 Å². The molecule has 0 bridgehead atoms. The van der Waals surface area contributed by atoms with Crippen molar-refractivity contribution >= 4 is 29.9 Å². The van der Waals surface area contributed by atoms with Gasteiger partial charge in [0, 0.05) is 26.4 Å². The molecule has 0 aliphatic rings. The van der Waals surface area contributed by atoms with Gasteiger partial charge in [-0.05, 0) is 0 Å². The SMILES string of the molecule is CC(=O)O.[SnH2].[Zn]. The summed E-state index contributed by atoms with van der Waals surface area (Å²) in [4.78, 5) is 9.00. The first kappa shape index (κ1) is 15.8. The molecule has 0 amide bonds. The predicted molar refractivity (Wildman–Crippen MR) is 21.9 cm³/mol. The van der Waals surface area contributed by atoms with Gasteiger partial charge in [-0.1, -0.05) is 0 Å². The molecule has 0 aromatic rings. The van der Waals surface area contributed by atoms with E-state index in [4.69, 9.17) is 9.90 Å². The van der Waals surface area contributed by atoms with Gasteiger partial charge in [-0.15, -0.1) is 0 Å². The summed E-state index contributed by atoms with van der Waals surface area (Å²) in [5, 5.41) is 7.42. The second-order valence-electron chi connectivity index (χ2n) is 0.519. The zero-order valence-electron chi connectivity index (χ0n) is 3.77. The molecule has 0 aliphatic heterocycles. The van der Waals surface area contributed by atoms with Crippen LogP contribution in [0.3, 0.4) is 0 Å². The first-order valence-electron chi connectivity index (χ1n) is 0.928. The number of carbonyl (C=O) groups is 1. The minimum atomic E-state index is -0.833. The minimum absolute atomic E-state index is 0. The summed E-state index contributed by atoms with van der Waals surface area (Å²) >= 11 is 0. The summed E-state index contributed by atoms with van der Waals surface area (Å²) in [6.45, 7) is 1.08. The van der Waals surface area contributed by atoms with E-state index in [9.17, 15) is 0 Å². The van der Waals surface area contributed by atoms with Gasteiger partial charge in [0.25, 0.3) is 5.97 Å². The standard InChI is InChI=1S/C2H4O2.Sn.Zn.2H/c1-2(3)4;;;;/h1H3,(H,3,4);;;;. The monoisotopic (exact) mass is 246 g/mol. The molecule has 0 aliphatic carbocycles. The van der Waals surface area contributed by atoms with Gasteiger partial charge in [-0.25, -0.2) is 0 Å². The molecule has 0 aromatic heterocycles. The second kappa shape index (κ2) is 9.31. The maximum Gasteiger partial charge on any atom is 0 e. The van der Waals surface area contributed by atoms with E-state index in [1.54, 1.807) is 0 Å². The molecule has 1 N–H and O–H groups in total. The van der Waals surface area contributed by atoms with Crippen LogP contribution in [0.2, 0.25) is 0 Å². The third-order valence-electron chi connectivity index (χ3n) is 0. The second-order valence-corrected chi connectivity index (χ2v) is 0.519. The number of hydrogen-bond acceptors (Lipinski definition) is 1. The van der Waals surface area contributed by atoms with Crippen molar-refractivity contribution in [3.63, 3.8) is 0 Å². The van der Waals surface area contributed by atoms with E-state index < -0.39 is 5.97 Å². The average molecular weight is 246 g/mol. The Bertz CT molecular complexity index is 34.5. The Hall–Kier alpha value is 0.892. The van der Waals surface area contributed by atoms with Crippen molar-refractivity contribution in [2.24, 2.45) is 0 Å². The Kier molecular flexibility index (Phi) is 24.5. The third kappa shape index (κ3) is 93.1. The van der Waals surface area contributed by atoms with Crippen molar-refractivity contribution in [2.75, 3.05) is 0 Å². The Morgan fingerprint density at radius 3 is 1.67 bits per heavy atom. The largest absolute Gasteiger partial charge is 0 e. The van der Waals surface area contributed by atoms with E-state index in [1.165, 1.54) is 0 Å². The summed E-state index contributed by atoms with van der Waals surface area (Å²) in [5.41, 5.74) is 0. The Balaban J connectivity index is -0.0000000450. The van der Waals surface area contributed by atoms with E-state index in [2.05, 4.69) is 0 Å². The smallest absolute Gasteiger partial charge is 0 e. The van der Waals surface area contributed by atoms with Gasteiger partial charge in [0.15, 0.2) is 0 Å². The van der Waals surface area contributed by atoms with Gasteiger partial charge < -0.3 is 5.11 Å². The Labute approximate surface area is 66.0 Å². The van der Waals surface area contributed by atoms with Crippen LogP contribution in [-0.2, 0) is 24.3 Å². The molecule has 2 radical (unpaired) electrons. The molecule has 0 unspecified atom stereocenters. The predicted octanol–water partition coefficient (Wildman–Crippen LogP) is -0.828. The molecule has 0 atom stereocenters. The Morgan fingerprint density at radius 1 is 1.67 bits per heavy atom. The zero-order valence-corrected chi connectivity index (χ0v) is 10.8. The quantitative estimate of drug-likeness (QED) is 0.567. The number of carboxylic acid groups (broad SMARTS) is 1. The number of carboxylic acids is 1. The summed E-state index contributed by atoms with van der Waals surface area (Å²) in [5.74, 6) is -0.833. The molecule has 0 rings (SSSR count).